The highest BCUT2D eigenvalue weighted by Crippen LogP contribution is 2.28. The van der Waals surface area contributed by atoms with Crippen LogP contribution in [0.25, 0.3) is 0 Å². The van der Waals surface area contributed by atoms with Crippen molar-refractivity contribution in [2.45, 2.75) is 33.6 Å². The van der Waals surface area contributed by atoms with Crippen LogP contribution in [0, 0.1) is 0 Å². The van der Waals surface area contributed by atoms with Crippen molar-refractivity contribution in [2.24, 2.45) is 0 Å². The molecule has 4 heteroatoms. The van der Waals surface area contributed by atoms with E-state index in [1.807, 2.05) is 19.9 Å². The normalized spacial score (nSPS) is 19.8. The van der Waals surface area contributed by atoms with E-state index < -0.39 is 0 Å². The zero-order valence-corrected chi connectivity index (χ0v) is 11.2. The second-order valence-electron chi connectivity index (χ2n) is 2.99. The lowest BCUT2D eigenvalue weighted by Gasteiger charge is -2.07. The van der Waals surface area contributed by atoms with Crippen LogP contribution in [0.5, 0.6) is 0 Å². The van der Waals surface area contributed by atoms with E-state index in [4.69, 9.17) is 4.74 Å². The van der Waals surface area contributed by atoms with E-state index in [0.29, 0.717) is 11.6 Å². The molecule has 1 amide bonds. The Bertz CT molecular complexity index is 262. The van der Waals surface area contributed by atoms with Gasteiger partial charge in [0.1, 0.15) is 0 Å². The predicted octanol–water partition coefficient (Wildman–Crippen LogP) is 3.05. The number of nitrogens with one attached hydrogen (secondary N) is 1. The minimum Gasteiger partial charge on any atom is -0.478 e. The van der Waals surface area contributed by atoms with Gasteiger partial charge >= 0.3 is 0 Å². The molecule has 0 aliphatic carbocycles. The molecule has 0 fully saturated rings. The molecule has 1 heterocycles. The van der Waals surface area contributed by atoms with Crippen LogP contribution in [0.2, 0.25) is 0 Å². The monoisotopic (exact) mass is 243 g/mol. The highest BCUT2D eigenvalue weighted by atomic mass is 32.2. The first kappa shape index (κ1) is 15.1. The summed E-state index contributed by atoms with van der Waals surface area (Å²) in [7, 11) is 0. The molecule has 0 radical (unpaired) electrons. The Morgan fingerprint density at radius 3 is 2.88 bits per heavy atom. The number of hydrogen-bond acceptors (Lipinski definition) is 3. The molecule has 1 aliphatic rings. The van der Waals surface area contributed by atoms with Crippen molar-refractivity contribution in [1.82, 2.24) is 5.32 Å². The molecule has 0 bridgehead atoms. The fraction of sp³-hybridized carbons (Fsp3) is 0.583. The smallest absolute Gasteiger partial charge is 0.258 e. The minimum atomic E-state index is -0.0965. The zero-order chi connectivity index (χ0) is 12.4. The van der Waals surface area contributed by atoms with E-state index >= 15 is 0 Å². The number of ether oxygens (including phenoxy) is 1. The van der Waals surface area contributed by atoms with E-state index in [1.54, 1.807) is 0 Å². The molecule has 1 rings (SSSR count). The van der Waals surface area contributed by atoms with Crippen molar-refractivity contribution < 1.29 is 9.53 Å². The summed E-state index contributed by atoms with van der Waals surface area (Å²) in [5, 5.41) is 3.34. The SMILES string of the molecule is C=C1OCC(=O)NC/C=C(/CCC)S1.CC. The highest BCUT2D eigenvalue weighted by Gasteiger charge is 2.08. The van der Waals surface area contributed by atoms with Crippen LogP contribution in [0.1, 0.15) is 33.6 Å². The Morgan fingerprint density at radius 2 is 2.25 bits per heavy atom. The summed E-state index contributed by atoms with van der Waals surface area (Å²) in [6.07, 6.45) is 4.11. The number of rotatable bonds is 2. The molecular weight excluding hydrogens is 222 g/mol. The summed E-state index contributed by atoms with van der Waals surface area (Å²) in [5.41, 5.74) is 0. The molecule has 0 saturated carbocycles. The number of hydrogen-bond donors (Lipinski definition) is 1. The first-order chi connectivity index (χ1) is 7.72. The molecule has 0 unspecified atom stereocenters. The molecule has 3 nitrogen and oxygen atoms in total. The number of carbonyl (C=O) groups is 1. The molecule has 0 atom stereocenters. The largest absolute Gasteiger partial charge is 0.478 e. The van der Waals surface area contributed by atoms with Crippen molar-refractivity contribution in [3.05, 3.63) is 22.7 Å². The summed E-state index contributed by atoms with van der Waals surface area (Å²) in [6.45, 7) is 10.5. The third-order valence-electron chi connectivity index (χ3n) is 1.73. The van der Waals surface area contributed by atoms with Gasteiger partial charge in [0, 0.05) is 6.54 Å². The lowest BCUT2D eigenvalue weighted by atomic mass is 10.3. The van der Waals surface area contributed by atoms with E-state index in [2.05, 4.69) is 18.8 Å². The lowest BCUT2D eigenvalue weighted by molar-refractivity contribution is -0.123. The maximum atomic E-state index is 11.1. The first-order valence-electron chi connectivity index (χ1n) is 5.67. The van der Waals surface area contributed by atoms with Crippen LogP contribution in [-0.2, 0) is 9.53 Å². The third kappa shape index (κ3) is 6.56. The van der Waals surface area contributed by atoms with Gasteiger partial charge in [-0.05, 0) is 17.9 Å². The van der Waals surface area contributed by atoms with E-state index in [-0.39, 0.29) is 12.5 Å². The van der Waals surface area contributed by atoms with Gasteiger partial charge in [0.2, 0.25) is 0 Å². The summed E-state index contributed by atoms with van der Waals surface area (Å²) >= 11 is 1.51. The molecule has 0 aromatic carbocycles. The fourth-order valence-corrected chi connectivity index (χ4v) is 1.98. The van der Waals surface area contributed by atoms with Gasteiger partial charge in [-0.3, -0.25) is 4.79 Å². The van der Waals surface area contributed by atoms with Gasteiger partial charge in [-0.2, -0.15) is 0 Å². The van der Waals surface area contributed by atoms with Crippen LogP contribution in [-0.4, -0.2) is 19.1 Å². The molecule has 0 aromatic heterocycles. The van der Waals surface area contributed by atoms with Crippen LogP contribution < -0.4 is 5.32 Å². The van der Waals surface area contributed by atoms with Crippen molar-refractivity contribution in [1.29, 1.82) is 0 Å². The van der Waals surface area contributed by atoms with Crippen LogP contribution in [0.4, 0.5) is 0 Å². The van der Waals surface area contributed by atoms with Gasteiger partial charge in [0.15, 0.2) is 11.7 Å². The molecule has 0 saturated heterocycles. The first-order valence-corrected chi connectivity index (χ1v) is 6.49. The molecular formula is C12H21NO2S. The highest BCUT2D eigenvalue weighted by molar-refractivity contribution is 8.06. The average Bonchev–Trinajstić information content (AvgIpc) is 2.35. The molecule has 92 valence electrons. The topological polar surface area (TPSA) is 38.3 Å². The molecule has 0 spiro atoms. The lowest BCUT2D eigenvalue weighted by Crippen LogP contribution is -2.26. The number of thioether (sulfide) groups is 1. The summed E-state index contributed by atoms with van der Waals surface area (Å²) in [5.74, 6) is -0.0965. The summed E-state index contributed by atoms with van der Waals surface area (Å²) < 4.78 is 5.17. The molecule has 16 heavy (non-hydrogen) atoms. The Hall–Kier alpha value is -0.900. The third-order valence-corrected chi connectivity index (χ3v) is 2.71. The van der Waals surface area contributed by atoms with E-state index in [1.165, 1.54) is 16.7 Å². The number of carbonyl (C=O) groups excluding carboxylic acids is 1. The van der Waals surface area contributed by atoms with Gasteiger partial charge in [-0.1, -0.05) is 45.0 Å². The van der Waals surface area contributed by atoms with Crippen LogP contribution >= 0.6 is 11.8 Å². The molecule has 1 N–H and O–H groups in total. The predicted molar refractivity (Wildman–Crippen MR) is 70.0 cm³/mol. The average molecular weight is 243 g/mol. The number of allylic oxidation sites excluding steroid dienone is 1. The van der Waals surface area contributed by atoms with Gasteiger partial charge in [0.05, 0.1) is 0 Å². The molecule has 1 aliphatic heterocycles. The fourth-order valence-electron chi connectivity index (χ4n) is 1.09. The Kier molecular flexibility index (Phi) is 8.81. The van der Waals surface area contributed by atoms with Crippen molar-refractivity contribution >= 4 is 17.7 Å². The minimum absolute atomic E-state index is 0.0685. The van der Waals surface area contributed by atoms with Crippen molar-refractivity contribution in [2.75, 3.05) is 13.2 Å². The van der Waals surface area contributed by atoms with E-state index in [9.17, 15) is 4.79 Å². The maximum Gasteiger partial charge on any atom is 0.258 e. The second kappa shape index (κ2) is 9.33. The Balaban J connectivity index is 0.00000106. The summed E-state index contributed by atoms with van der Waals surface area (Å²) in [6, 6.07) is 0. The van der Waals surface area contributed by atoms with Gasteiger partial charge in [-0.15, -0.1) is 0 Å². The van der Waals surface area contributed by atoms with Crippen LogP contribution in [0.3, 0.4) is 0 Å². The molecule has 0 aromatic rings. The Labute approximate surface area is 102 Å². The standard InChI is InChI=1S/C10H15NO2S.C2H6/c1-3-4-9-5-6-11-10(12)7-13-8(2)14-9;1-2/h5H,2-4,6-7H2,1H3,(H,11,12);1-2H3/b9-5-;. The number of amides is 1. The van der Waals surface area contributed by atoms with E-state index in [0.717, 1.165) is 12.8 Å². The quantitative estimate of drug-likeness (QED) is 0.810. The van der Waals surface area contributed by atoms with Gasteiger partial charge in [0.25, 0.3) is 5.91 Å². The van der Waals surface area contributed by atoms with Crippen molar-refractivity contribution in [3.8, 4) is 0 Å². The van der Waals surface area contributed by atoms with Gasteiger partial charge < -0.3 is 10.1 Å². The second-order valence-corrected chi connectivity index (χ2v) is 4.17. The maximum absolute atomic E-state index is 11.1. The zero-order valence-electron chi connectivity index (χ0n) is 10.3. The summed E-state index contributed by atoms with van der Waals surface area (Å²) in [4.78, 5) is 12.3. The Morgan fingerprint density at radius 1 is 1.56 bits per heavy atom. The van der Waals surface area contributed by atoms with Crippen LogP contribution in [0.15, 0.2) is 22.7 Å². The van der Waals surface area contributed by atoms with Crippen molar-refractivity contribution in [3.63, 3.8) is 0 Å². The van der Waals surface area contributed by atoms with Gasteiger partial charge in [-0.25, -0.2) is 0 Å².